The van der Waals surface area contributed by atoms with Crippen LogP contribution in [0.5, 0.6) is 0 Å². The van der Waals surface area contributed by atoms with Crippen molar-refractivity contribution in [2.45, 2.75) is 13.3 Å². The number of aliphatic hydroxyl groups is 1. The first-order chi connectivity index (χ1) is 6.07. The van der Waals surface area contributed by atoms with Crippen molar-refractivity contribution in [2.75, 3.05) is 6.61 Å². The van der Waals surface area contributed by atoms with Crippen molar-refractivity contribution in [2.24, 2.45) is 7.05 Å². The van der Waals surface area contributed by atoms with E-state index >= 15 is 0 Å². The molecule has 0 aromatic carbocycles. The van der Waals surface area contributed by atoms with Gasteiger partial charge in [0.25, 0.3) is 0 Å². The summed E-state index contributed by atoms with van der Waals surface area (Å²) in [6.07, 6.45) is 0.338. The van der Waals surface area contributed by atoms with Crippen LogP contribution in [0.1, 0.15) is 11.5 Å². The summed E-state index contributed by atoms with van der Waals surface area (Å²) in [6, 6.07) is 0. The fourth-order valence-corrected chi connectivity index (χ4v) is 1.26. The van der Waals surface area contributed by atoms with Crippen LogP contribution in [0.15, 0.2) is 0 Å². The van der Waals surface area contributed by atoms with Crippen LogP contribution in [0.4, 0.5) is 5.82 Å². The minimum Gasteiger partial charge on any atom is -0.396 e. The number of hydrogen-bond donors (Lipinski definition) is 1. The molecule has 1 N–H and O–H groups in total. The molecule has 0 spiro atoms. The normalized spacial score (nSPS) is 10.4. The van der Waals surface area contributed by atoms with Gasteiger partial charge in [0.1, 0.15) is 5.69 Å². The maximum atomic E-state index is 10.5. The van der Waals surface area contributed by atoms with E-state index in [1.807, 2.05) is 0 Å². The Hall–Kier alpha value is -1.43. The fraction of sp³-hybridized carbons (Fsp3) is 0.571. The van der Waals surface area contributed by atoms with Gasteiger partial charge in [0.15, 0.2) is 5.82 Å². The van der Waals surface area contributed by atoms with Gasteiger partial charge in [-0.2, -0.15) is 0 Å². The summed E-state index contributed by atoms with van der Waals surface area (Å²) in [6.45, 7) is 1.53. The van der Waals surface area contributed by atoms with E-state index < -0.39 is 4.92 Å². The average molecular weight is 185 g/mol. The van der Waals surface area contributed by atoms with Crippen LogP contribution in [-0.2, 0) is 13.5 Å². The fourth-order valence-electron chi connectivity index (χ4n) is 1.26. The van der Waals surface area contributed by atoms with Crippen molar-refractivity contribution >= 4 is 5.82 Å². The van der Waals surface area contributed by atoms with Gasteiger partial charge in [-0.15, -0.1) is 0 Å². The van der Waals surface area contributed by atoms with Crippen LogP contribution in [0.2, 0.25) is 0 Å². The Morgan fingerprint density at radius 2 is 2.31 bits per heavy atom. The summed E-state index contributed by atoms with van der Waals surface area (Å²) in [5.41, 5.74) is 0.385. The molecule has 0 saturated heterocycles. The van der Waals surface area contributed by atoms with Gasteiger partial charge in [0.05, 0.1) is 20.1 Å². The van der Waals surface area contributed by atoms with Crippen LogP contribution in [0.25, 0.3) is 0 Å². The number of aromatic nitrogens is 2. The Kier molecular flexibility index (Phi) is 2.62. The summed E-state index contributed by atoms with van der Waals surface area (Å²) in [4.78, 5) is 14.1. The molecule has 1 aromatic rings. The minimum absolute atomic E-state index is 0.0107. The van der Waals surface area contributed by atoms with Crippen molar-refractivity contribution in [3.8, 4) is 0 Å². The molecular formula is C7H11N3O3. The van der Waals surface area contributed by atoms with Crippen molar-refractivity contribution in [1.82, 2.24) is 9.55 Å². The Labute approximate surface area is 75.0 Å². The summed E-state index contributed by atoms with van der Waals surface area (Å²) in [5, 5.41) is 19.2. The number of hydrogen-bond acceptors (Lipinski definition) is 4. The minimum atomic E-state index is -0.469. The highest BCUT2D eigenvalue weighted by Crippen LogP contribution is 2.17. The average Bonchev–Trinajstić information content (AvgIpc) is 2.28. The van der Waals surface area contributed by atoms with E-state index in [9.17, 15) is 10.1 Å². The number of nitro groups is 1. The lowest BCUT2D eigenvalue weighted by atomic mass is 10.4. The maximum absolute atomic E-state index is 10.5. The second kappa shape index (κ2) is 3.53. The van der Waals surface area contributed by atoms with Gasteiger partial charge in [-0.05, 0) is 11.8 Å². The summed E-state index contributed by atoms with van der Waals surface area (Å²) in [7, 11) is 1.57. The smallest absolute Gasteiger partial charge is 0.345 e. The second-order valence-electron chi connectivity index (χ2n) is 2.73. The van der Waals surface area contributed by atoms with Crippen molar-refractivity contribution in [3.05, 3.63) is 21.6 Å². The largest absolute Gasteiger partial charge is 0.396 e. The summed E-state index contributed by atoms with van der Waals surface area (Å²) < 4.78 is 1.39. The Morgan fingerprint density at radius 1 is 1.69 bits per heavy atom. The van der Waals surface area contributed by atoms with Crippen LogP contribution < -0.4 is 0 Å². The van der Waals surface area contributed by atoms with E-state index in [-0.39, 0.29) is 12.4 Å². The number of imidazole rings is 1. The lowest BCUT2D eigenvalue weighted by Crippen LogP contribution is -2.03. The molecule has 0 bridgehead atoms. The van der Waals surface area contributed by atoms with Gasteiger partial charge in [-0.1, -0.05) is 0 Å². The second-order valence-corrected chi connectivity index (χ2v) is 2.73. The third-order valence-electron chi connectivity index (χ3n) is 1.83. The molecule has 0 unspecified atom stereocenters. The molecule has 0 aliphatic heterocycles. The predicted molar refractivity (Wildman–Crippen MR) is 45.4 cm³/mol. The third kappa shape index (κ3) is 1.67. The molecule has 6 nitrogen and oxygen atoms in total. The zero-order valence-electron chi connectivity index (χ0n) is 7.52. The highest BCUT2D eigenvalue weighted by molar-refractivity contribution is 5.29. The number of rotatable bonds is 3. The zero-order valence-corrected chi connectivity index (χ0v) is 7.52. The Bertz CT molecular complexity index is 332. The molecule has 0 radical (unpaired) electrons. The molecule has 0 fully saturated rings. The predicted octanol–water partition coefficient (Wildman–Crippen LogP) is 0.172. The van der Waals surface area contributed by atoms with E-state index in [0.29, 0.717) is 17.9 Å². The first-order valence-electron chi connectivity index (χ1n) is 3.85. The van der Waals surface area contributed by atoms with Crippen LogP contribution in [-0.4, -0.2) is 26.2 Å². The first-order valence-corrected chi connectivity index (χ1v) is 3.85. The topological polar surface area (TPSA) is 81.2 Å². The molecule has 0 atom stereocenters. The first kappa shape index (κ1) is 9.66. The van der Waals surface area contributed by atoms with Gasteiger partial charge in [0.2, 0.25) is 0 Å². The van der Waals surface area contributed by atoms with Gasteiger partial charge in [-0.3, -0.25) is 0 Å². The van der Waals surface area contributed by atoms with Crippen LogP contribution in [0.3, 0.4) is 0 Å². The molecule has 0 aliphatic carbocycles. The Morgan fingerprint density at radius 3 is 2.69 bits per heavy atom. The van der Waals surface area contributed by atoms with Crippen LogP contribution >= 0.6 is 0 Å². The maximum Gasteiger partial charge on any atom is 0.345 e. The van der Waals surface area contributed by atoms with E-state index in [0.717, 1.165) is 0 Å². The van der Waals surface area contributed by atoms with E-state index in [1.165, 1.54) is 4.57 Å². The van der Waals surface area contributed by atoms with Gasteiger partial charge in [-0.25, -0.2) is 9.55 Å². The molecule has 1 rings (SSSR count). The van der Waals surface area contributed by atoms with Gasteiger partial charge in [0, 0.05) is 0 Å². The summed E-state index contributed by atoms with van der Waals surface area (Å²) in [5.74, 6) is 0.523. The summed E-state index contributed by atoms with van der Waals surface area (Å²) >= 11 is 0. The van der Waals surface area contributed by atoms with Crippen molar-refractivity contribution in [1.29, 1.82) is 0 Å². The van der Waals surface area contributed by atoms with E-state index in [4.69, 9.17) is 5.11 Å². The van der Waals surface area contributed by atoms with Crippen molar-refractivity contribution in [3.63, 3.8) is 0 Å². The highest BCUT2D eigenvalue weighted by atomic mass is 16.6. The molecule has 6 heteroatoms. The molecule has 0 amide bonds. The van der Waals surface area contributed by atoms with Crippen LogP contribution in [0, 0.1) is 17.0 Å². The van der Waals surface area contributed by atoms with E-state index in [1.54, 1.807) is 14.0 Å². The highest BCUT2D eigenvalue weighted by Gasteiger charge is 2.20. The zero-order chi connectivity index (χ0) is 10.0. The molecule has 0 saturated carbocycles. The molecule has 1 aromatic heterocycles. The Balaban J connectivity index is 3.14. The lowest BCUT2D eigenvalue weighted by Gasteiger charge is -1.96. The SMILES string of the molecule is Cc1nc(CCO)n(C)c1[N+](=O)[O-]. The molecule has 1 heterocycles. The monoisotopic (exact) mass is 185 g/mol. The molecule has 0 aliphatic rings. The molecule has 13 heavy (non-hydrogen) atoms. The lowest BCUT2D eigenvalue weighted by molar-refractivity contribution is -0.392. The quantitative estimate of drug-likeness (QED) is 0.537. The van der Waals surface area contributed by atoms with Gasteiger partial charge >= 0.3 is 5.82 Å². The van der Waals surface area contributed by atoms with Gasteiger partial charge < -0.3 is 15.2 Å². The third-order valence-corrected chi connectivity index (χ3v) is 1.83. The number of aliphatic hydroxyl groups excluding tert-OH is 1. The standard InChI is InChI=1S/C7H11N3O3/c1-5-7(10(12)13)9(2)6(8-5)3-4-11/h11H,3-4H2,1-2H3. The number of nitrogens with zero attached hydrogens (tertiary/aromatic N) is 3. The van der Waals surface area contributed by atoms with Crippen molar-refractivity contribution < 1.29 is 10.0 Å². The molecule has 72 valence electrons. The molecular weight excluding hydrogens is 174 g/mol. The van der Waals surface area contributed by atoms with E-state index in [2.05, 4.69) is 4.98 Å². The number of aryl methyl sites for hydroxylation is 1.